The fraction of sp³-hybridized carbons (Fsp3) is 0.500. The lowest BCUT2D eigenvalue weighted by Gasteiger charge is -2.18. The van der Waals surface area contributed by atoms with Crippen LogP contribution in [0.15, 0.2) is 18.5 Å². The Morgan fingerprint density at radius 3 is 2.75 bits per heavy atom. The molecule has 1 atom stereocenters. The van der Waals surface area contributed by atoms with Crippen molar-refractivity contribution in [2.24, 2.45) is 17.6 Å². The second kappa shape index (κ2) is 5.80. The minimum absolute atomic E-state index is 0.405. The summed E-state index contributed by atoms with van der Waals surface area (Å²) < 4.78 is 0. The molecule has 0 aliphatic carbocycles. The van der Waals surface area contributed by atoms with Gasteiger partial charge in [-0.2, -0.15) is 0 Å². The maximum absolute atomic E-state index is 5.64. The van der Waals surface area contributed by atoms with E-state index >= 15 is 0 Å². The van der Waals surface area contributed by atoms with Crippen LogP contribution in [0.2, 0.25) is 0 Å². The first-order chi connectivity index (χ1) is 7.52. The summed E-state index contributed by atoms with van der Waals surface area (Å²) in [6.07, 6.45) is 3.47. The average Bonchev–Trinajstić information content (AvgIpc) is 2.25. The van der Waals surface area contributed by atoms with E-state index in [4.69, 9.17) is 18.0 Å². The molecule has 0 radical (unpaired) electrons. The van der Waals surface area contributed by atoms with E-state index in [9.17, 15) is 0 Å². The summed E-state index contributed by atoms with van der Waals surface area (Å²) in [4.78, 5) is 4.48. The van der Waals surface area contributed by atoms with Gasteiger partial charge in [0.15, 0.2) is 0 Å². The predicted octanol–water partition coefficient (Wildman–Crippen LogP) is 2.42. The Morgan fingerprint density at radius 1 is 1.50 bits per heavy atom. The SMILES string of the molecule is CC(C)C(C)CNc1cnccc1C(N)=S. The Labute approximate surface area is 102 Å². The number of aromatic nitrogens is 1. The van der Waals surface area contributed by atoms with Crippen molar-refractivity contribution in [1.82, 2.24) is 4.98 Å². The number of anilines is 1. The van der Waals surface area contributed by atoms with Gasteiger partial charge in [0.1, 0.15) is 4.99 Å². The number of thiocarbonyl (C=S) groups is 1. The molecule has 3 nitrogen and oxygen atoms in total. The molecule has 3 N–H and O–H groups in total. The van der Waals surface area contributed by atoms with Crippen molar-refractivity contribution in [1.29, 1.82) is 0 Å². The van der Waals surface area contributed by atoms with E-state index in [-0.39, 0.29) is 0 Å². The minimum atomic E-state index is 0.405. The number of hydrogen-bond acceptors (Lipinski definition) is 3. The van der Waals surface area contributed by atoms with Gasteiger partial charge < -0.3 is 11.1 Å². The molecular weight excluding hydrogens is 218 g/mol. The maximum atomic E-state index is 5.64. The highest BCUT2D eigenvalue weighted by Crippen LogP contribution is 2.16. The molecule has 1 heterocycles. The van der Waals surface area contributed by atoms with E-state index in [2.05, 4.69) is 31.1 Å². The normalized spacial score (nSPS) is 12.5. The highest BCUT2D eigenvalue weighted by atomic mass is 32.1. The third-order valence-corrected chi connectivity index (χ3v) is 3.06. The van der Waals surface area contributed by atoms with Crippen LogP contribution in [0.5, 0.6) is 0 Å². The van der Waals surface area contributed by atoms with E-state index < -0.39 is 0 Å². The lowest BCUT2D eigenvalue weighted by atomic mass is 9.98. The molecule has 16 heavy (non-hydrogen) atoms. The Morgan fingerprint density at radius 2 is 2.19 bits per heavy atom. The molecule has 0 amide bonds. The first kappa shape index (κ1) is 12.9. The smallest absolute Gasteiger partial charge is 0.106 e. The third-order valence-electron chi connectivity index (χ3n) is 2.84. The third kappa shape index (κ3) is 3.45. The number of pyridine rings is 1. The molecule has 0 bridgehead atoms. The number of nitrogens with one attached hydrogen (secondary N) is 1. The van der Waals surface area contributed by atoms with Crippen LogP contribution in [0.4, 0.5) is 5.69 Å². The van der Waals surface area contributed by atoms with Crippen LogP contribution in [0, 0.1) is 11.8 Å². The fourth-order valence-corrected chi connectivity index (χ4v) is 1.43. The van der Waals surface area contributed by atoms with Gasteiger partial charge in [0.2, 0.25) is 0 Å². The van der Waals surface area contributed by atoms with Crippen molar-refractivity contribution in [2.45, 2.75) is 20.8 Å². The standard InChI is InChI=1S/C12H19N3S/c1-8(2)9(3)6-15-11-7-14-5-4-10(11)12(13)16/h4-5,7-9,15H,6H2,1-3H3,(H2,13,16). The number of nitrogens with zero attached hydrogens (tertiary/aromatic N) is 1. The van der Waals surface area contributed by atoms with Gasteiger partial charge in [-0.15, -0.1) is 0 Å². The van der Waals surface area contributed by atoms with Crippen LogP contribution in [0.1, 0.15) is 26.3 Å². The van der Waals surface area contributed by atoms with Gasteiger partial charge in [-0.25, -0.2) is 0 Å². The first-order valence-corrected chi connectivity index (χ1v) is 5.91. The minimum Gasteiger partial charge on any atom is -0.389 e. The zero-order valence-electron chi connectivity index (χ0n) is 10.0. The topological polar surface area (TPSA) is 50.9 Å². The van der Waals surface area contributed by atoms with Gasteiger partial charge in [-0.3, -0.25) is 4.98 Å². The Balaban J connectivity index is 2.70. The van der Waals surface area contributed by atoms with Crippen LogP contribution < -0.4 is 11.1 Å². The summed E-state index contributed by atoms with van der Waals surface area (Å²) in [6.45, 7) is 7.54. The van der Waals surface area contributed by atoms with Crippen LogP contribution in [0.25, 0.3) is 0 Å². The largest absolute Gasteiger partial charge is 0.389 e. The zero-order valence-corrected chi connectivity index (χ0v) is 10.8. The second-order valence-electron chi connectivity index (χ2n) is 4.39. The average molecular weight is 237 g/mol. The molecular formula is C12H19N3S. The molecule has 0 aliphatic heterocycles. The molecule has 4 heteroatoms. The van der Waals surface area contributed by atoms with Crippen molar-refractivity contribution >= 4 is 22.9 Å². The molecule has 0 saturated carbocycles. The van der Waals surface area contributed by atoms with Gasteiger partial charge in [0.25, 0.3) is 0 Å². The summed E-state index contributed by atoms with van der Waals surface area (Å²) >= 11 is 4.99. The van der Waals surface area contributed by atoms with Crippen molar-refractivity contribution in [3.8, 4) is 0 Å². The molecule has 0 aromatic carbocycles. The highest BCUT2D eigenvalue weighted by Gasteiger charge is 2.09. The van der Waals surface area contributed by atoms with E-state index in [1.807, 2.05) is 6.07 Å². The predicted molar refractivity (Wildman–Crippen MR) is 72.6 cm³/mol. The van der Waals surface area contributed by atoms with Gasteiger partial charge in [0.05, 0.1) is 11.9 Å². The molecule has 1 aromatic heterocycles. The lowest BCUT2D eigenvalue weighted by Crippen LogP contribution is -2.19. The number of hydrogen-bond donors (Lipinski definition) is 2. The number of nitrogens with two attached hydrogens (primary N) is 1. The summed E-state index contributed by atoms with van der Waals surface area (Å²) in [5, 5.41) is 3.35. The second-order valence-corrected chi connectivity index (χ2v) is 4.83. The summed E-state index contributed by atoms with van der Waals surface area (Å²) in [5.74, 6) is 1.25. The summed E-state index contributed by atoms with van der Waals surface area (Å²) in [7, 11) is 0. The van der Waals surface area contributed by atoms with Crippen molar-refractivity contribution in [2.75, 3.05) is 11.9 Å². The van der Waals surface area contributed by atoms with E-state index in [0.29, 0.717) is 16.8 Å². The zero-order chi connectivity index (χ0) is 12.1. The van der Waals surface area contributed by atoms with Gasteiger partial charge in [-0.05, 0) is 17.9 Å². The first-order valence-electron chi connectivity index (χ1n) is 5.50. The molecule has 0 fully saturated rings. The van der Waals surface area contributed by atoms with Crippen LogP contribution in [-0.2, 0) is 0 Å². The Kier molecular flexibility index (Phi) is 4.68. The van der Waals surface area contributed by atoms with Gasteiger partial charge in [-0.1, -0.05) is 33.0 Å². The Bertz CT molecular complexity index is 363. The molecule has 0 saturated heterocycles. The van der Waals surface area contributed by atoms with Crippen molar-refractivity contribution in [3.63, 3.8) is 0 Å². The van der Waals surface area contributed by atoms with Crippen LogP contribution >= 0.6 is 12.2 Å². The Hall–Kier alpha value is -1.16. The highest BCUT2D eigenvalue weighted by molar-refractivity contribution is 7.80. The van der Waals surface area contributed by atoms with Crippen LogP contribution in [-0.4, -0.2) is 16.5 Å². The fourth-order valence-electron chi connectivity index (χ4n) is 1.26. The van der Waals surface area contributed by atoms with E-state index in [1.54, 1.807) is 12.4 Å². The monoisotopic (exact) mass is 237 g/mol. The van der Waals surface area contributed by atoms with Crippen molar-refractivity contribution in [3.05, 3.63) is 24.0 Å². The van der Waals surface area contributed by atoms with E-state index in [0.717, 1.165) is 17.8 Å². The van der Waals surface area contributed by atoms with Gasteiger partial charge in [0, 0.05) is 18.3 Å². The maximum Gasteiger partial charge on any atom is 0.106 e. The van der Waals surface area contributed by atoms with Crippen molar-refractivity contribution < 1.29 is 0 Å². The molecule has 1 rings (SSSR count). The molecule has 0 aliphatic rings. The summed E-state index contributed by atoms with van der Waals surface area (Å²) in [6, 6.07) is 1.84. The molecule has 1 unspecified atom stereocenters. The van der Waals surface area contributed by atoms with E-state index in [1.165, 1.54) is 0 Å². The van der Waals surface area contributed by atoms with Crippen LogP contribution in [0.3, 0.4) is 0 Å². The molecule has 1 aromatic rings. The number of rotatable bonds is 5. The lowest BCUT2D eigenvalue weighted by molar-refractivity contribution is 0.439. The van der Waals surface area contributed by atoms with Gasteiger partial charge >= 0.3 is 0 Å². The molecule has 0 spiro atoms. The molecule has 88 valence electrons. The quantitative estimate of drug-likeness (QED) is 0.772. The summed E-state index contributed by atoms with van der Waals surface area (Å²) in [5.41, 5.74) is 7.43.